The summed E-state index contributed by atoms with van der Waals surface area (Å²) in [6, 6.07) is 0.442. The first-order valence-corrected chi connectivity index (χ1v) is 6.05. The first-order chi connectivity index (χ1) is 7.09. The van der Waals surface area contributed by atoms with Crippen molar-refractivity contribution in [2.24, 2.45) is 11.3 Å². The molecular formula is C12H21NO2. The minimum absolute atomic E-state index is 0.108. The van der Waals surface area contributed by atoms with E-state index in [-0.39, 0.29) is 5.92 Å². The van der Waals surface area contributed by atoms with Crippen molar-refractivity contribution in [2.75, 3.05) is 6.54 Å². The molecule has 0 aromatic heterocycles. The summed E-state index contributed by atoms with van der Waals surface area (Å²) in [5.74, 6) is -0.720. The molecule has 0 spiro atoms. The average Bonchev–Trinajstić information content (AvgIpc) is 2.95. The fourth-order valence-corrected chi connectivity index (χ4v) is 2.38. The van der Waals surface area contributed by atoms with Gasteiger partial charge >= 0.3 is 5.97 Å². The summed E-state index contributed by atoms with van der Waals surface area (Å²) in [7, 11) is 0. The second-order valence-corrected chi connectivity index (χ2v) is 5.59. The van der Waals surface area contributed by atoms with E-state index in [1.54, 1.807) is 0 Å². The summed E-state index contributed by atoms with van der Waals surface area (Å²) in [6.07, 6.45) is 6.56. The molecule has 0 saturated heterocycles. The fraction of sp³-hybridized carbons (Fsp3) is 0.917. The molecule has 0 aromatic carbocycles. The molecule has 86 valence electrons. The molecule has 0 amide bonds. The van der Waals surface area contributed by atoms with Gasteiger partial charge in [-0.25, -0.2) is 0 Å². The fourth-order valence-electron chi connectivity index (χ4n) is 2.38. The van der Waals surface area contributed by atoms with Crippen LogP contribution in [0.15, 0.2) is 0 Å². The Kier molecular flexibility index (Phi) is 3.01. The largest absolute Gasteiger partial charge is 0.481 e. The second-order valence-electron chi connectivity index (χ2n) is 5.59. The number of aliphatic carboxylic acids is 1. The predicted molar refractivity (Wildman–Crippen MR) is 58.7 cm³/mol. The van der Waals surface area contributed by atoms with E-state index in [9.17, 15) is 4.79 Å². The Hall–Kier alpha value is -0.570. The maximum atomic E-state index is 10.9. The molecule has 2 rings (SSSR count). The van der Waals surface area contributed by atoms with Crippen molar-refractivity contribution in [1.82, 2.24) is 5.32 Å². The summed E-state index contributed by atoms with van der Waals surface area (Å²) in [5.41, 5.74) is 0.524. The van der Waals surface area contributed by atoms with Gasteiger partial charge in [-0.1, -0.05) is 13.3 Å². The molecular weight excluding hydrogens is 190 g/mol. The number of nitrogens with one attached hydrogen (secondary N) is 1. The van der Waals surface area contributed by atoms with Gasteiger partial charge in [0.2, 0.25) is 0 Å². The van der Waals surface area contributed by atoms with Gasteiger partial charge in [0.1, 0.15) is 0 Å². The van der Waals surface area contributed by atoms with E-state index < -0.39 is 5.97 Å². The lowest BCUT2D eigenvalue weighted by atomic mass is 9.85. The van der Waals surface area contributed by atoms with Crippen LogP contribution in [0.2, 0.25) is 0 Å². The van der Waals surface area contributed by atoms with E-state index in [1.165, 1.54) is 12.8 Å². The van der Waals surface area contributed by atoms with Crippen LogP contribution in [-0.2, 0) is 4.79 Å². The molecule has 2 N–H and O–H groups in total. The summed E-state index contributed by atoms with van der Waals surface area (Å²) < 4.78 is 0. The van der Waals surface area contributed by atoms with Gasteiger partial charge in [0.25, 0.3) is 0 Å². The number of hydrogen-bond donors (Lipinski definition) is 2. The lowest BCUT2D eigenvalue weighted by Gasteiger charge is -2.28. The smallest absolute Gasteiger partial charge is 0.306 e. The van der Waals surface area contributed by atoms with E-state index in [0.29, 0.717) is 11.5 Å². The van der Waals surface area contributed by atoms with Gasteiger partial charge in [0.15, 0.2) is 0 Å². The highest BCUT2D eigenvalue weighted by atomic mass is 16.4. The maximum absolute atomic E-state index is 10.9. The third-order valence-electron chi connectivity index (χ3n) is 3.94. The van der Waals surface area contributed by atoms with Gasteiger partial charge in [-0.15, -0.1) is 0 Å². The number of carboxylic acid groups (broad SMARTS) is 1. The third-order valence-corrected chi connectivity index (χ3v) is 3.94. The van der Waals surface area contributed by atoms with Crippen molar-refractivity contribution < 1.29 is 9.90 Å². The molecule has 2 aliphatic rings. The molecule has 3 heteroatoms. The Labute approximate surface area is 91.2 Å². The molecule has 2 unspecified atom stereocenters. The zero-order valence-electron chi connectivity index (χ0n) is 9.46. The molecule has 2 atom stereocenters. The minimum Gasteiger partial charge on any atom is -0.481 e. The zero-order valence-corrected chi connectivity index (χ0v) is 9.46. The molecule has 15 heavy (non-hydrogen) atoms. The van der Waals surface area contributed by atoms with Crippen molar-refractivity contribution in [3.63, 3.8) is 0 Å². The van der Waals surface area contributed by atoms with Crippen molar-refractivity contribution in [2.45, 2.75) is 51.5 Å². The highest BCUT2D eigenvalue weighted by Gasteiger charge is 2.37. The first kappa shape index (κ1) is 10.9. The van der Waals surface area contributed by atoms with Crippen LogP contribution in [0, 0.1) is 11.3 Å². The Morgan fingerprint density at radius 2 is 2.20 bits per heavy atom. The van der Waals surface area contributed by atoms with Crippen LogP contribution >= 0.6 is 0 Å². The van der Waals surface area contributed by atoms with E-state index in [0.717, 1.165) is 32.2 Å². The Morgan fingerprint density at radius 1 is 1.47 bits per heavy atom. The van der Waals surface area contributed by atoms with Gasteiger partial charge in [0, 0.05) is 12.6 Å². The summed E-state index contributed by atoms with van der Waals surface area (Å²) >= 11 is 0. The van der Waals surface area contributed by atoms with Crippen LogP contribution in [-0.4, -0.2) is 23.7 Å². The Balaban J connectivity index is 1.74. The molecule has 0 aromatic rings. The van der Waals surface area contributed by atoms with E-state index >= 15 is 0 Å². The standard InChI is InChI=1S/C12H21NO2/c1-12(5-6-12)8-13-10-4-2-3-9(7-10)11(14)15/h9-10,13H,2-8H2,1H3,(H,14,15). The first-order valence-electron chi connectivity index (χ1n) is 6.05. The van der Waals surface area contributed by atoms with Crippen molar-refractivity contribution in [3.8, 4) is 0 Å². The van der Waals surface area contributed by atoms with Crippen molar-refractivity contribution in [3.05, 3.63) is 0 Å². The van der Waals surface area contributed by atoms with Gasteiger partial charge < -0.3 is 10.4 Å². The quantitative estimate of drug-likeness (QED) is 0.748. The number of carbonyl (C=O) groups is 1. The van der Waals surface area contributed by atoms with Gasteiger partial charge in [-0.2, -0.15) is 0 Å². The van der Waals surface area contributed by atoms with Crippen LogP contribution in [0.25, 0.3) is 0 Å². The zero-order chi connectivity index (χ0) is 10.9. The number of hydrogen-bond acceptors (Lipinski definition) is 2. The summed E-state index contributed by atoms with van der Waals surface area (Å²) in [5, 5.41) is 12.5. The second kappa shape index (κ2) is 4.12. The highest BCUT2D eigenvalue weighted by molar-refractivity contribution is 5.70. The van der Waals surface area contributed by atoms with Crippen LogP contribution in [0.5, 0.6) is 0 Å². The molecule has 0 heterocycles. The molecule has 0 aliphatic heterocycles. The molecule has 2 fully saturated rings. The maximum Gasteiger partial charge on any atom is 0.306 e. The lowest BCUT2D eigenvalue weighted by Crippen LogP contribution is -2.38. The topological polar surface area (TPSA) is 49.3 Å². The lowest BCUT2D eigenvalue weighted by molar-refractivity contribution is -0.143. The number of carboxylic acids is 1. The van der Waals surface area contributed by atoms with E-state index in [1.807, 2.05) is 0 Å². The molecule has 0 radical (unpaired) electrons. The Bertz CT molecular complexity index is 248. The van der Waals surface area contributed by atoms with Crippen LogP contribution in [0.1, 0.15) is 45.4 Å². The normalized spacial score (nSPS) is 33.7. The summed E-state index contributed by atoms with van der Waals surface area (Å²) in [6.45, 7) is 3.38. The molecule has 0 bridgehead atoms. The van der Waals surface area contributed by atoms with Crippen LogP contribution < -0.4 is 5.32 Å². The monoisotopic (exact) mass is 211 g/mol. The van der Waals surface area contributed by atoms with Crippen molar-refractivity contribution in [1.29, 1.82) is 0 Å². The van der Waals surface area contributed by atoms with Gasteiger partial charge in [0.05, 0.1) is 5.92 Å². The predicted octanol–water partition coefficient (Wildman–Crippen LogP) is 2.02. The Morgan fingerprint density at radius 3 is 2.80 bits per heavy atom. The van der Waals surface area contributed by atoms with Crippen LogP contribution in [0.3, 0.4) is 0 Å². The summed E-state index contributed by atoms with van der Waals surface area (Å²) in [4.78, 5) is 10.9. The van der Waals surface area contributed by atoms with Gasteiger partial charge in [-0.3, -0.25) is 4.79 Å². The van der Waals surface area contributed by atoms with E-state index in [2.05, 4.69) is 12.2 Å². The average molecular weight is 211 g/mol. The highest BCUT2D eigenvalue weighted by Crippen LogP contribution is 2.44. The van der Waals surface area contributed by atoms with Crippen molar-refractivity contribution >= 4 is 5.97 Å². The van der Waals surface area contributed by atoms with E-state index in [4.69, 9.17) is 5.11 Å². The SMILES string of the molecule is CC1(CNC2CCCC(C(=O)O)C2)CC1. The van der Waals surface area contributed by atoms with Crippen LogP contribution in [0.4, 0.5) is 0 Å². The molecule has 3 nitrogen and oxygen atoms in total. The number of rotatable bonds is 4. The van der Waals surface area contributed by atoms with Gasteiger partial charge in [-0.05, 0) is 37.5 Å². The molecule has 2 saturated carbocycles. The third kappa shape index (κ3) is 2.94. The molecule has 2 aliphatic carbocycles. The minimum atomic E-state index is -0.612.